The van der Waals surface area contributed by atoms with Gasteiger partial charge in [0.2, 0.25) is 5.91 Å². The molecular weight excluding hydrogens is 494 g/mol. The maximum Gasteiger partial charge on any atom is 0.408 e. The minimum atomic E-state index is -1.26. The highest BCUT2D eigenvalue weighted by Crippen LogP contribution is 2.31. The van der Waals surface area contributed by atoms with Gasteiger partial charge < -0.3 is 19.5 Å². The van der Waals surface area contributed by atoms with E-state index in [-0.39, 0.29) is 31.6 Å². The molecule has 0 fully saturated rings. The minimum Gasteiger partial charge on any atom is -0.497 e. The van der Waals surface area contributed by atoms with Gasteiger partial charge >= 0.3 is 6.09 Å². The summed E-state index contributed by atoms with van der Waals surface area (Å²) in [6.45, 7) is -0.0109. The standard InChI is InChI=1S/C29H28F2N2O5/c1-37-22-13-11-21(26(15-22)38-2)18-32-17-20(23-9-6-10-24(30)27(23)31)12-14-25(28(32)34)33(29(35)36)16-19-7-4-3-5-8-19/h3-13,15,25H,14,16-18H2,1-2H3,(H,35,36)/t25-/m1/s1. The second-order valence-corrected chi connectivity index (χ2v) is 8.85. The van der Waals surface area contributed by atoms with Gasteiger partial charge in [-0.2, -0.15) is 0 Å². The summed E-state index contributed by atoms with van der Waals surface area (Å²) in [4.78, 5) is 28.8. The van der Waals surface area contributed by atoms with Crippen LogP contribution in [0.3, 0.4) is 0 Å². The SMILES string of the molecule is COc1ccc(CN2CC(c3cccc(F)c3F)=CC[C@@H](N(Cc3ccccc3)C(=O)O)C2=O)c(OC)c1. The fraction of sp³-hybridized carbons (Fsp3) is 0.241. The van der Waals surface area contributed by atoms with Crippen molar-refractivity contribution in [3.63, 3.8) is 0 Å². The van der Waals surface area contributed by atoms with Crippen LogP contribution in [0.4, 0.5) is 13.6 Å². The normalized spacial score (nSPS) is 15.5. The number of halogens is 2. The van der Waals surface area contributed by atoms with Crippen LogP contribution in [-0.2, 0) is 17.9 Å². The number of nitrogens with zero attached hydrogens (tertiary/aromatic N) is 2. The zero-order chi connectivity index (χ0) is 27.2. The molecular formula is C29H28F2N2O5. The highest BCUT2D eigenvalue weighted by molar-refractivity contribution is 5.88. The predicted molar refractivity (Wildman–Crippen MR) is 138 cm³/mol. The van der Waals surface area contributed by atoms with Gasteiger partial charge in [-0.05, 0) is 35.8 Å². The highest BCUT2D eigenvalue weighted by atomic mass is 19.2. The number of carboxylic acid groups (broad SMARTS) is 1. The average Bonchev–Trinajstić information content (AvgIpc) is 3.08. The third kappa shape index (κ3) is 5.77. The second kappa shape index (κ2) is 11.8. The molecule has 4 rings (SSSR count). The number of carbonyl (C=O) groups excluding carboxylic acids is 1. The lowest BCUT2D eigenvalue weighted by molar-refractivity contribution is -0.136. The Morgan fingerprint density at radius 3 is 2.50 bits per heavy atom. The second-order valence-electron chi connectivity index (χ2n) is 8.85. The quantitative estimate of drug-likeness (QED) is 0.432. The van der Waals surface area contributed by atoms with E-state index in [0.29, 0.717) is 22.6 Å². The van der Waals surface area contributed by atoms with Crippen molar-refractivity contribution in [2.24, 2.45) is 0 Å². The lowest BCUT2D eigenvalue weighted by Gasteiger charge is -2.32. The van der Waals surface area contributed by atoms with Crippen LogP contribution in [0.2, 0.25) is 0 Å². The van der Waals surface area contributed by atoms with Gasteiger partial charge in [-0.1, -0.05) is 48.5 Å². The highest BCUT2D eigenvalue weighted by Gasteiger charge is 2.35. The van der Waals surface area contributed by atoms with E-state index in [0.717, 1.165) is 16.5 Å². The molecule has 0 saturated heterocycles. The molecule has 198 valence electrons. The molecule has 3 aromatic carbocycles. The summed E-state index contributed by atoms with van der Waals surface area (Å²) in [5.74, 6) is -1.45. The monoisotopic (exact) mass is 522 g/mol. The number of methoxy groups -OCH3 is 2. The third-order valence-electron chi connectivity index (χ3n) is 6.52. The van der Waals surface area contributed by atoms with E-state index in [1.165, 1.54) is 31.3 Å². The molecule has 1 N–H and O–H groups in total. The Balaban J connectivity index is 1.75. The van der Waals surface area contributed by atoms with Gasteiger partial charge in [0, 0.05) is 36.8 Å². The minimum absolute atomic E-state index is 0.000495. The zero-order valence-corrected chi connectivity index (χ0v) is 21.1. The first-order valence-electron chi connectivity index (χ1n) is 12.0. The van der Waals surface area contributed by atoms with Gasteiger partial charge in [0.15, 0.2) is 11.6 Å². The van der Waals surface area contributed by atoms with Gasteiger partial charge in [0.25, 0.3) is 0 Å². The number of carbonyl (C=O) groups is 2. The van der Waals surface area contributed by atoms with Crippen LogP contribution in [0.25, 0.3) is 5.57 Å². The Morgan fingerprint density at radius 1 is 1.05 bits per heavy atom. The molecule has 0 bridgehead atoms. The third-order valence-corrected chi connectivity index (χ3v) is 6.52. The lowest BCUT2D eigenvalue weighted by atomic mass is 10.0. The molecule has 3 aromatic rings. The van der Waals surface area contributed by atoms with Crippen molar-refractivity contribution in [1.29, 1.82) is 0 Å². The smallest absolute Gasteiger partial charge is 0.408 e. The fourth-order valence-corrected chi connectivity index (χ4v) is 4.53. The molecule has 1 aliphatic rings. The molecule has 0 radical (unpaired) electrons. The Kier molecular flexibility index (Phi) is 8.25. The Bertz CT molecular complexity index is 1350. The van der Waals surface area contributed by atoms with Gasteiger partial charge in [0.05, 0.1) is 14.2 Å². The summed E-state index contributed by atoms with van der Waals surface area (Å²) in [7, 11) is 3.01. The van der Waals surface area contributed by atoms with E-state index in [1.807, 2.05) is 6.07 Å². The molecule has 0 aromatic heterocycles. The molecule has 0 aliphatic carbocycles. The maximum atomic E-state index is 14.8. The fourth-order valence-electron chi connectivity index (χ4n) is 4.53. The first-order valence-corrected chi connectivity index (χ1v) is 12.0. The summed E-state index contributed by atoms with van der Waals surface area (Å²) >= 11 is 0. The van der Waals surface area contributed by atoms with Crippen LogP contribution < -0.4 is 9.47 Å². The number of hydrogen-bond acceptors (Lipinski definition) is 4. The van der Waals surface area contributed by atoms with Crippen molar-refractivity contribution < 1.29 is 33.0 Å². The van der Waals surface area contributed by atoms with Crippen LogP contribution in [0, 0.1) is 11.6 Å². The van der Waals surface area contributed by atoms with Crippen LogP contribution in [0.1, 0.15) is 23.1 Å². The summed E-state index contributed by atoms with van der Waals surface area (Å²) in [5, 5.41) is 10.1. The molecule has 0 spiro atoms. The zero-order valence-electron chi connectivity index (χ0n) is 21.1. The summed E-state index contributed by atoms with van der Waals surface area (Å²) in [5.41, 5.74) is 1.77. The van der Waals surface area contributed by atoms with Crippen molar-refractivity contribution in [2.75, 3.05) is 20.8 Å². The van der Waals surface area contributed by atoms with E-state index < -0.39 is 29.7 Å². The number of hydrogen-bond donors (Lipinski definition) is 1. The van der Waals surface area contributed by atoms with Crippen molar-refractivity contribution in [1.82, 2.24) is 9.80 Å². The van der Waals surface area contributed by atoms with E-state index in [4.69, 9.17) is 9.47 Å². The molecule has 0 unspecified atom stereocenters. The topological polar surface area (TPSA) is 79.3 Å². The van der Waals surface area contributed by atoms with Crippen LogP contribution >= 0.6 is 0 Å². The van der Waals surface area contributed by atoms with Crippen molar-refractivity contribution in [3.05, 3.63) is 101 Å². The van der Waals surface area contributed by atoms with Crippen molar-refractivity contribution in [2.45, 2.75) is 25.6 Å². The summed E-state index contributed by atoms with van der Waals surface area (Å²) in [6.07, 6.45) is 0.356. The Labute approximate surface area is 219 Å². The maximum absolute atomic E-state index is 14.8. The van der Waals surface area contributed by atoms with Crippen molar-refractivity contribution >= 4 is 17.6 Å². The van der Waals surface area contributed by atoms with Crippen molar-refractivity contribution in [3.8, 4) is 11.5 Å². The molecule has 1 heterocycles. The van der Waals surface area contributed by atoms with E-state index >= 15 is 0 Å². The predicted octanol–water partition coefficient (Wildman–Crippen LogP) is 5.35. The molecule has 0 saturated carbocycles. The molecule has 2 amide bonds. The van der Waals surface area contributed by atoms with E-state index in [1.54, 1.807) is 48.5 Å². The molecule has 7 nitrogen and oxygen atoms in total. The van der Waals surface area contributed by atoms with Crippen LogP contribution in [0.5, 0.6) is 11.5 Å². The molecule has 9 heteroatoms. The van der Waals surface area contributed by atoms with Gasteiger partial charge in [0.1, 0.15) is 17.5 Å². The molecule has 1 atom stereocenters. The summed E-state index contributed by atoms with van der Waals surface area (Å²) < 4.78 is 39.6. The van der Waals surface area contributed by atoms with E-state index in [2.05, 4.69) is 0 Å². The Hall–Kier alpha value is -4.40. The largest absolute Gasteiger partial charge is 0.497 e. The number of benzene rings is 3. The average molecular weight is 523 g/mol. The van der Waals surface area contributed by atoms with E-state index in [9.17, 15) is 23.5 Å². The first kappa shape index (κ1) is 26.7. The Morgan fingerprint density at radius 2 is 1.82 bits per heavy atom. The van der Waals surface area contributed by atoms with Gasteiger partial charge in [-0.25, -0.2) is 13.6 Å². The number of ether oxygens (including phenoxy) is 2. The summed E-state index contributed by atoms with van der Waals surface area (Å²) in [6, 6.07) is 16.9. The number of rotatable bonds is 8. The number of amides is 2. The van der Waals surface area contributed by atoms with Crippen LogP contribution in [-0.4, -0.2) is 53.7 Å². The molecule has 1 aliphatic heterocycles. The van der Waals surface area contributed by atoms with Crippen LogP contribution in [0.15, 0.2) is 72.8 Å². The first-order chi connectivity index (χ1) is 18.3. The van der Waals surface area contributed by atoms with Gasteiger partial charge in [-0.15, -0.1) is 0 Å². The van der Waals surface area contributed by atoms with Gasteiger partial charge in [-0.3, -0.25) is 9.69 Å². The molecule has 38 heavy (non-hydrogen) atoms. The lowest BCUT2D eigenvalue weighted by Crippen LogP contribution is -2.49.